The van der Waals surface area contributed by atoms with Crippen LogP contribution in [-0.4, -0.2) is 73.0 Å². The fraction of sp³-hybridized carbons (Fsp3) is 0.727. The van der Waals surface area contributed by atoms with E-state index in [1.807, 2.05) is 19.0 Å². The van der Waals surface area contributed by atoms with E-state index < -0.39 is 11.9 Å². The van der Waals surface area contributed by atoms with Crippen molar-refractivity contribution >= 4 is 17.8 Å². The zero-order valence-corrected chi connectivity index (χ0v) is 10.7. The number of carboxylic acids is 1. The summed E-state index contributed by atoms with van der Waals surface area (Å²) >= 11 is 0. The van der Waals surface area contributed by atoms with Gasteiger partial charge in [-0.2, -0.15) is 0 Å². The van der Waals surface area contributed by atoms with Gasteiger partial charge in [0.25, 0.3) is 0 Å². The van der Waals surface area contributed by atoms with Gasteiger partial charge in [0.2, 0.25) is 11.8 Å². The molecule has 2 N–H and O–H groups in total. The van der Waals surface area contributed by atoms with Crippen molar-refractivity contribution in [1.82, 2.24) is 15.1 Å². The summed E-state index contributed by atoms with van der Waals surface area (Å²) in [5.41, 5.74) is 0. The smallest absolute Gasteiger partial charge is 0.323 e. The van der Waals surface area contributed by atoms with Gasteiger partial charge in [-0.15, -0.1) is 0 Å². The molecule has 0 aliphatic carbocycles. The summed E-state index contributed by atoms with van der Waals surface area (Å²) in [5, 5.41) is 11.4. The number of carbonyl (C=O) groups excluding carboxylic acids is 2. The minimum atomic E-state index is -1.04. The van der Waals surface area contributed by atoms with Crippen LogP contribution in [0, 0.1) is 5.92 Å². The molecule has 7 nitrogen and oxygen atoms in total. The maximum atomic E-state index is 12.1. The van der Waals surface area contributed by atoms with E-state index in [4.69, 9.17) is 5.11 Å². The Morgan fingerprint density at radius 1 is 1.39 bits per heavy atom. The molecule has 1 aliphatic rings. The molecular formula is C11H19N3O4. The molecule has 0 bridgehead atoms. The van der Waals surface area contributed by atoms with Gasteiger partial charge in [0, 0.05) is 26.1 Å². The molecule has 1 saturated heterocycles. The maximum absolute atomic E-state index is 12.1. The predicted molar refractivity (Wildman–Crippen MR) is 63.9 cm³/mol. The molecule has 2 amide bonds. The number of hydrogen-bond acceptors (Lipinski definition) is 4. The van der Waals surface area contributed by atoms with Crippen LogP contribution in [0.25, 0.3) is 0 Å². The lowest BCUT2D eigenvalue weighted by molar-refractivity contribution is -0.146. The molecule has 1 fully saturated rings. The van der Waals surface area contributed by atoms with Gasteiger partial charge in [0.15, 0.2) is 0 Å². The van der Waals surface area contributed by atoms with Crippen LogP contribution < -0.4 is 5.32 Å². The summed E-state index contributed by atoms with van der Waals surface area (Å²) in [6.07, 6.45) is 0.150. The Labute approximate surface area is 106 Å². The molecule has 7 heteroatoms. The zero-order valence-electron chi connectivity index (χ0n) is 10.7. The third-order valence-corrected chi connectivity index (χ3v) is 2.78. The van der Waals surface area contributed by atoms with Crippen molar-refractivity contribution in [3.8, 4) is 0 Å². The number of carboxylic acid groups (broad SMARTS) is 1. The summed E-state index contributed by atoms with van der Waals surface area (Å²) in [4.78, 5) is 37.1. The average Bonchev–Trinajstić information content (AvgIpc) is 2.69. The standard InChI is InChI=1S/C11H19N3O4/c1-13(2)3-4-14(7-10(16)17)11(18)8-5-9(15)12-6-8/h8H,3-7H2,1-2H3,(H,12,15)(H,16,17). The normalized spacial score (nSPS) is 18.8. The van der Waals surface area contributed by atoms with Gasteiger partial charge in [0.1, 0.15) is 6.54 Å². The highest BCUT2D eigenvalue weighted by atomic mass is 16.4. The first-order valence-corrected chi connectivity index (χ1v) is 5.82. The summed E-state index contributed by atoms with van der Waals surface area (Å²) in [6.45, 7) is 0.920. The molecule has 0 aromatic heterocycles. The second kappa shape index (κ2) is 6.34. The third kappa shape index (κ3) is 4.33. The van der Waals surface area contributed by atoms with Crippen molar-refractivity contribution in [3.63, 3.8) is 0 Å². The number of amides is 2. The van der Waals surface area contributed by atoms with Crippen molar-refractivity contribution in [3.05, 3.63) is 0 Å². The number of hydrogen-bond donors (Lipinski definition) is 2. The summed E-state index contributed by atoms with van der Waals surface area (Å²) in [5.74, 6) is -1.90. The van der Waals surface area contributed by atoms with Gasteiger partial charge in [-0.05, 0) is 14.1 Å². The molecule has 0 aromatic rings. The van der Waals surface area contributed by atoms with E-state index in [9.17, 15) is 14.4 Å². The Balaban J connectivity index is 2.60. The van der Waals surface area contributed by atoms with Crippen LogP contribution >= 0.6 is 0 Å². The van der Waals surface area contributed by atoms with Gasteiger partial charge >= 0.3 is 5.97 Å². The fourth-order valence-corrected chi connectivity index (χ4v) is 1.79. The van der Waals surface area contributed by atoms with E-state index >= 15 is 0 Å². The van der Waals surface area contributed by atoms with Crippen LogP contribution in [0.15, 0.2) is 0 Å². The first kappa shape index (κ1) is 14.4. The first-order valence-electron chi connectivity index (χ1n) is 5.82. The van der Waals surface area contributed by atoms with Gasteiger partial charge < -0.3 is 20.2 Å². The summed E-state index contributed by atoms with van der Waals surface area (Å²) < 4.78 is 0. The summed E-state index contributed by atoms with van der Waals surface area (Å²) in [6, 6.07) is 0. The number of rotatable bonds is 6. The lowest BCUT2D eigenvalue weighted by Crippen LogP contribution is -2.43. The average molecular weight is 257 g/mol. The highest BCUT2D eigenvalue weighted by molar-refractivity contribution is 5.90. The Bertz CT molecular complexity index is 343. The molecule has 1 aliphatic heterocycles. The highest BCUT2D eigenvalue weighted by Crippen LogP contribution is 2.12. The second-order valence-electron chi connectivity index (χ2n) is 4.66. The van der Waals surface area contributed by atoms with Gasteiger partial charge in [0.05, 0.1) is 5.92 Å². The van der Waals surface area contributed by atoms with E-state index in [0.29, 0.717) is 19.6 Å². The van der Waals surface area contributed by atoms with E-state index in [2.05, 4.69) is 5.32 Å². The van der Waals surface area contributed by atoms with Crippen molar-refractivity contribution < 1.29 is 19.5 Å². The number of carbonyl (C=O) groups is 3. The Morgan fingerprint density at radius 3 is 2.50 bits per heavy atom. The largest absolute Gasteiger partial charge is 0.480 e. The fourth-order valence-electron chi connectivity index (χ4n) is 1.79. The number of aliphatic carboxylic acids is 1. The Morgan fingerprint density at radius 2 is 2.06 bits per heavy atom. The SMILES string of the molecule is CN(C)CCN(CC(=O)O)C(=O)C1CNC(=O)C1. The van der Waals surface area contributed by atoms with Gasteiger partial charge in [-0.25, -0.2) is 0 Å². The van der Waals surface area contributed by atoms with Gasteiger partial charge in [-0.3, -0.25) is 14.4 Å². The molecule has 0 radical (unpaired) electrons. The minimum absolute atomic E-state index is 0.150. The van der Waals surface area contributed by atoms with Crippen molar-refractivity contribution in [1.29, 1.82) is 0 Å². The van der Waals surface area contributed by atoms with Crippen LogP contribution in [0.3, 0.4) is 0 Å². The first-order chi connectivity index (χ1) is 8.40. The predicted octanol–water partition coefficient (Wildman–Crippen LogP) is -1.40. The number of nitrogens with one attached hydrogen (secondary N) is 1. The lowest BCUT2D eigenvalue weighted by atomic mass is 10.1. The summed E-state index contributed by atoms with van der Waals surface area (Å²) in [7, 11) is 3.70. The number of likely N-dealkylation sites (N-methyl/N-ethyl adjacent to an activating group) is 1. The van der Waals surface area contributed by atoms with E-state index in [1.165, 1.54) is 4.90 Å². The number of nitrogens with zero attached hydrogens (tertiary/aromatic N) is 2. The van der Waals surface area contributed by atoms with E-state index in [1.54, 1.807) is 0 Å². The molecule has 0 spiro atoms. The van der Waals surface area contributed by atoms with Crippen molar-refractivity contribution in [2.45, 2.75) is 6.42 Å². The molecule has 0 aromatic carbocycles. The molecular weight excluding hydrogens is 238 g/mol. The Kier molecular flexibility index (Phi) is 5.08. The van der Waals surface area contributed by atoms with Crippen LogP contribution in [0.5, 0.6) is 0 Å². The molecule has 102 valence electrons. The van der Waals surface area contributed by atoms with Crippen LogP contribution in [0.4, 0.5) is 0 Å². The second-order valence-corrected chi connectivity index (χ2v) is 4.66. The maximum Gasteiger partial charge on any atom is 0.323 e. The van der Waals surface area contributed by atoms with E-state index in [0.717, 1.165) is 0 Å². The van der Waals surface area contributed by atoms with Crippen LogP contribution in [0.2, 0.25) is 0 Å². The Hall–Kier alpha value is -1.63. The van der Waals surface area contributed by atoms with E-state index in [-0.39, 0.29) is 24.8 Å². The molecule has 1 unspecified atom stereocenters. The quantitative estimate of drug-likeness (QED) is 0.610. The topological polar surface area (TPSA) is 89.9 Å². The van der Waals surface area contributed by atoms with Gasteiger partial charge in [-0.1, -0.05) is 0 Å². The van der Waals surface area contributed by atoms with Crippen LogP contribution in [0.1, 0.15) is 6.42 Å². The molecule has 18 heavy (non-hydrogen) atoms. The third-order valence-electron chi connectivity index (χ3n) is 2.78. The lowest BCUT2D eigenvalue weighted by Gasteiger charge is -2.24. The van der Waals surface area contributed by atoms with Crippen LogP contribution in [-0.2, 0) is 14.4 Å². The molecule has 1 rings (SSSR count). The molecule has 1 heterocycles. The molecule has 1 atom stereocenters. The highest BCUT2D eigenvalue weighted by Gasteiger charge is 2.31. The monoisotopic (exact) mass is 257 g/mol. The molecule has 0 saturated carbocycles. The van der Waals surface area contributed by atoms with Crippen molar-refractivity contribution in [2.24, 2.45) is 5.92 Å². The minimum Gasteiger partial charge on any atom is -0.480 e. The zero-order chi connectivity index (χ0) is 13.7. The van der Waals surface area contributed by atoms with Crippen molar-refractivity contribution in [2.75, 3.05) is 40.3 Å².